The van der Waals surface area contributed by atoms with Crippen molar-refractivity contribution in [1.82, 2.24) is 14.4 Å². The van der Waals surface area contributed by atoms with E-state index in [0.717, 1.165) is 12.1 Å². The van der Waals surface area contributed by atoms with E-state index in [4.69, 9.17) is 4.52 Å². The van der Waals surface area contributed by atoms with Crippen molar-refractivity contribution in [3.05, 3.63) is 41.6 Å². The molecule has 1 aromatic carbocycles. The fourth-order valence-corrected chi connectivity index (χ4v) is 4.04. The number of aromatic nitrogens is 1. The number of sulfonamides is 1. The average Bonchev–Trinajstić information content (AvgIpc) is 3.13. The Morgan fingerprint density at radius 1 is 1.11 bits per heavy atom. The minimum absolute atomic E-state index is 0.0231. The predicted molar refractivity (Wildman–Crippen MR) is 93.4 cm³/mol. The third-order valence-corrected chi connectivity index (χ3v) is 6.69. The molecule has 0 saturated carbocycles. The second kappa shape index (κ2) is 7.35. The van der Waals surface area contributed by atoms with Gasteiger partial charge in [-0.2, -0.15) is 4.31 Å². The molecule has 0 atom stereocenters. The summed E-state index contributed by atoms with van der Waals surface area (Å²) in [4.78, 5) is 14.0. The Hall–Kier alpha value is -2.33. The number of nitrogens with zero attached hydrogens (tertiary/aromatic N) is 3. The summed E-state index contributed by atoms with van der Waals surface area (Å²) >= 11 is 0. The van der Waals surface area contributed by atoms with Gasteiger partial charge in [0.1, 0.15) is 0 Å². The van der Waals surface area contributed by atoms with Gasteiger partial charge in [-0.3, -0.25) is 4.79 Å². The molecule has 2 heterocycles. The lowest BCUT2D eigenvalue weighted by molar-refractivity contribution is 0.0687. The smallest absolute Gasteiger partial charge is 0.276 e. The van der Waals surface area contributed by atoms with Crippen LogP contribution in [0.2, 0.25) is 0 Å². The first kappa shape index (κ1) is 19.4. The summed E-state index contributed by atoms with van der Waals surface area (Å²) in [6.45, 7) is 4.11. The second-order valence-electron chi connectivity index (χ2n) is 6.49. The van der Waals surface area contributed by atoms with Gasteiger partial charge in [0.25, 0.3) is 5.91 Å². The maximum Gasteiger partial charge on any atom is 0.276 e. The molecule has 0 spiro atoms. The van der Waals surface area contributed by atoms with E-state index in [1.54, 1.807) is 13.8 Å². The molecule has 0 bridgehead atoms. The Labute approximate surface area is 155 Å². The van der Waals surface area contributed by atoms with E-state index in [-0.39, 0.29) is 43.2 Å². The Morgan fingerprint density at radius 3 is 2.37 bits per heavy atom. The number of piperazine rings is 1. The van der Waals surface area contributed by atoms with Crippen LogP contribution in [0.4, 0.5) is 8.78 Å². The molecular formula is C17H19F2N3O4S. The van der Waals surface area contributed by atoms with E-state index in [1.165, 1.54) is 21.3 Å². The molecule has 2 aromatic rings. The second-order valence-corrected chi connectivity index (χ2v) is 8.98. The normalized spacial score (nSPS) is 16.1. The molecule has 0 radical (unpaired) electrons. The summed E-state index contributed by atoms with van der Waals surface area (Å²) in [7, 11) is -3.36. The lowest BCUT2D eigenvalue weighted by atomic mass is 10.1. The molecule has 1 aromatic heterocycles. The Balaban J connectivity index is 1.69. The number of carbonyl (C=O) groups is 1. The number of hydrogen-bond acceptors (Lipinski definition) is 5. The average molecular weight is 399 g/mol. The highest BCUT2D eigenvalue weighted by Crippen LogP contribution is 2.23. The molecule has 0 N–H and O–H groups in total. The molecule has 1 amide bonds. The maximum atomic E-state index is 13.3. The van der Waals surface area contributed by atoms with Crippen molar-refractivity contribution >= 4 is 15.9 Å². The van der Waals surface area contributed by atoms with Gasteiger partial charge in [0.2, 0.25) is 10.0 Å². The van der Waals surface area contributed by atoms with Crippen molar-refractivity contribution in [3.8, 4) is 11.3 Å². The summed E-state index contributed by atoms with van der Waals surface area (Å²) in [6.07, 6.45) is 0. The molecule has 27 heavy (non-hydrogen) atoms. The highest BCUT2D eigenvalue weighted by molar-refractivity contribution is 7.89. The number of hydrogen-bond donors (Lipinski definition) is 0. The number of halogens is 2. The fourth-order valence-electron chi connectivity index (χ4n) is 2.77. The molecule has 1 aliphatic rings. The Bertz CT molecular complexity index is 951. The van der Waals surface area contributed by atoms with Crippen molar-refractivity contribution in [3.63, 3.8) is 0 Å². The zero-order chi connectivity index (χ0) is 19.8. The van der Waals surface area contributed by atoms with Gasteiger partial charge in [0.05, 0.1) is 5.25 Å². The van der Waals surface area contributed by atoms with Gasteiger partial charge in [0, 0.05) is 37.8 Å². The number of rotatable bonds is 4. The predicted octanol–water partition coefficient (Wildman–Crippen LogP) is 2.12. The van der Waals surface area contributed by atoms with E-state index >= 15 is 0 Å². The zero-order valence-electron chi connectivity index (χ0n) is 14.9. The van der Waals surface area contributed by atoms with Crippen LogP contribution in [0.3, 0.4) is 0 Å². The molecule has 0 aliphatic carbocycles. The molecule has 1 aliphatic heterocycles. The van der Waals surface area contributed by atoms with E-state index in [2.05, 4.69) is 5.16 Å². The third kappa shape index (κ3) is 3.86. The number of carbonyl (C=O) groups excluding carboxylic acids is 1. The lowest BCUT2D eigenvalue weighted by Gasteiger charge is -2.34. The maximum absolute atomic E-state index is 13.3. The number of amides is 1. The topological polar surface area (TPSA) is 83.7 Å². The largest absolute Gasteiger partial charge is 0.355 e. The SMILES string of the molecule is CC(C)S(=O)(=O)N1CCN(C(=O)c2cc(-c3ccc(F)c(F)c3)on2)CC1. The van der Waals surface area contributed by atoms with Crippen molar-refractivity contribution in [2.75, 3.05) is 26.2 Å². The summed E-state index contributed by atoms with van der Waals surface area (Å²) in [5.74, 6) is -2.28. The van der Waals surface area contributed by atoms with E-state index in [9.17, 15) is 22.0 Å². The molecule has 1 fully saturated rings. The summed E-state index contributed by atoms with van der Waals surface area (Å²) in [5, 5.41) is 3.18. The van der Waals surface area contributed by atoms with E-state index in [0.29, 0.717) is 0 Å². The van der Waals surface area contributed by atoms with Gasteiger partial charge in [-0.05, 0) is 32.0 Å². The van der Waals surface area contributed by atoms with Crippen molar-refractivity contribution in [1.29, 1.82) is 0 Å². The first-order valence-electron chi connectivity index (χ1n) is 8.40. The van der Waals surface area contributed by atoms with Crippen LogP contribution in [0.25, 0.3) is 11.3 Å². The van der Waals surface area contributed by atoms with Crippen LogP contribution in [-0.2, 0) is 10.0 Å². The Morgan fingerprint density at radius 2 is 1.78 bits per heavy atom. The monoisotopic (exact) mass is 399 g/mol. The summed E-state index contributed by atoms with van der Waals surface area (Å²) in [6, 6.07) is 4.59. The van der Waals surface area contributed by atoms with Gasteiger partial charge in [-0.15, -0.1) is 0 Å². The minimum Gasteiger partial charge on any atom is -0.355 e. The fraction of sp³-hybridized carbons (Fsp3) is 0.412. The van der Waals surface area contributed by atoms with Crippen molar-refractivity contribution in [2.45, 2.75) is 19.1 Å². The molecule has 7 nitrogen and oxygen atoms in total. The van der Waals surface area contributed by atoms with Crippen LogP contribution in [0, 0.1) is 11.6 Å². The highest BCUT2D eigenvalue weighted by atomic mass is 32.2. The third-order valence-electron chi connectivity index (χ3n) is 4.41. The van der Waals surface area contributed by atoms with Crippen molar-refractivity contribution in [2.24, 2.45) is 0 Å². The summed E-state index contributed by atoms with van der Waals surface area (Å²) < 4.78 is 57.2. The van der Waals surface area contributed by atoms with Gasteiger partial charge in [-0.1, -0.05) is 5.16 Å². The number of benzene rings is 1. The summed E-state index contributed by atoms with van der Waals surface area (Å²) in [5.41, 5.74) is 0.281. The van der Waals surface area contributed by atoms with Crippen molar-refractivity contribution < 1.29 is 26.5 Å². The van der Waals surface area contributed by atoms with Gasteiger partial charge >= 0.3 is 0 Å². The van der Waals surface area contributed by atoms with Gasteiger partial charge in [-0.25, -0.2) is 17.2 Å². The first-order chi connectivity index (χ1) is 12.7. The quantitative estimate of drug-likeness (QED) is 0.786. The molecule has 3 rings (SSSR count). The minimum atomic E-state index is -3.36. The standard InChI is InChI=1S/C17H19F2N3O4S/c1-11(2)27(24,25)22-7-5-21(6-8-22)17(23)15-10-16(26-20-15)12-3-4-13(18)14(19)9-12/h3-4,9-11H,5-8H2,1-2H3. The van der Waals surface area contributed by atoms with Crippen LogP contribution in [0.15, 0.2) is 28.8 Å². The molecular weight excluding hydrogens is 380 g/mol. The van der Waals surface area contributed by atoms with E-state index in [1.807, 2.05) is 0 Å². The highest BCUT2D eigenvalue weighted by Gasteiger charge is 2.32. The molecule has 10 heteroatoms. The van der Waals surface area contributed by atoms with Gasteiger partial charge < -0.3 is 9.42 Å². The molecule has 0 unspecified atom stereocenters. The van der Waals surface area contributed by atoms with Crippen LogP contribution >= 0.6 is 0 Å². The Kier molecular flexibility index (Phi) is 5.29. The van der Waals surface area contributed by atoms with Gasteiger partial charge in [0.15, 0.2) is 23.1 Å². The van der Waals surface area contributed by atoms with Crippen LogP contribution in [-0.4, -0.2) is 60.1 Å². The lowest BCUT2D eigenvalue weighted by Crippen LogP contribution is -2.52. The zero-order valence-corrected chi connectivity index (χ0v) is 15.7. The molecule has 1 saturated heterocycles. The van der Waals surface area contributed by atoms with Crippen LogP contribution in [0.5, 0.6) is 0 Å². The molecule has 146 valence electrons. The van der Waals surface area contributed by atoms with Crippen LogP contribution in [0.1, 0.15) is 24.3 Å². The first-order valence-corrected chi connectivity index (χ1v) is 9.91. The van der Waals surface area contributed by atoms with Crippen LogP contribution < -0.4 is 0 Å². The van der Waals surface area contributed by atoms with E-state index < -0.39 is 32.8 Å².